The van der Waals surface area contributed by atoms with E-state index in [9.17, 15) is 0 Å². The fourth-order valence-corrected chi connectivity index (χ4v) is 2.81. The van der Waals surface area contributed by atoms with Gasteiger partial charge in [0.25, 0.3) is 0 Å². The first kappa shape index (κ1) is 15.4. The van der Waals surface area contributed by atoms with Gasteiger partial charge in [0, 0.05) is 18.0 Å². The lowest BCUT2D eigenvalue weighted by Crippen LogP contribution is -2.29. The second-order valence-corrected chi connectivity index (χ2v) is 10.4. The number of hydrogen-bond donors (Lipinski definition) is 0. The molecule has 21 heavy (non-hydrogen) atoms. The van der Waals surface area contributed by atoms with Crippen LogP contribution in [0, 0.1) is 0 Å². The van der Waals surface area contributed by atoms with Gasteiger partial charge in [-0.05, 0) is 44.8 Å². The molecule has 1 aromatic heterocycles. The van der Waals surface area contributed by atoms with Gasteiger partial charge >= 0.3 is 0 Å². The van der Waals surface area contributed by atoms with Gasteiger partial charge in [0.15, 0.2) is 0 Å². The van der Waals surface area contributed by atoms with E-state index < -0.39 is 8.32 Å². The van der Waals surface area contributed by atoms with Gasteiger partial charge in [-0.25, -0.2) is 0 Å². The second kappa shape index (κ2) is 6.67. The molecule has 0 aliphatic carbocycles. The summed E-state index contributed by atoms with van der Waals surface area (Å²) in [5.41, 5.74) is 1.99. The first-order valence-electron chi connectivity index (χ1n) is 7.18. The maximum Gasteiger partial charge on any atom is 0.242 e. The summed E-state index contributed by atoms with van der Waals surface area (Å²) in [5.74, 6) is 0.947. The van der Waals surface area contributed by atoms with Crippen molar-refractivity contribution in [3.63, 3.8) is 0 Å². The number of pyridine rings is 1. The Kier molecular flexibility index (Phi) is 4.91. The van der Waals surface area contributed by atoms with Crippen molar-refractivity contribution in [1.82, 2.24) is 4.98 Å². The fraction of sp³-hybridized carbons (Fsp3) is 0.294. The van der Waals surface area contributed by atoms with Gasteiger partial charge in [0.1, 0.15) is 5.75 Å². The van der Waals surface area contributed by atoms with Crippen LogP contribution in [0.2, 0.25) is 19.6 Å². The van der Waals surface area contributed by atoms with Gasteiger partial charge in [-0.2, -0.15) is 0 Å². The van der Waals surface area contributed by atoms with Crippen LogP contribution in [-0.2, 0) is 0 Å². The van der Waals surface area contributed by atoms with Crippen molar-refractivity contribution in [2.45, 2.75) is 32.6 Å². The highest BCUT2D eigenvalue weighted by molar-refractivity contribution is 6.70. The van der Waals surface area contributed by atoms with Crippen LogP contribution in [0.25, 0.3) is 0 Å². The van der Waals surface area contributed by atoms with Crippen molar-refractivity contribution >= 4 is 14.5 Å². The number of benzene rings is 1. The Morgan fingerprint density at radius 1 is 1.10 bits per heavy atom. The van der Waals surface area contributed by atoms with Gasteiger partial charge < -0.3 is 4.43 Å². The molecule has 1 atom stereocenters. The van der Waals surface area contributed by atoms with E-state index in [0.29, 0.717) is 0 Å². The van der Waals surface area contributed by atoms with Crippen LogP contribution in [-0.4, -0.2) is 19.5 Å². The zero-order valence-corrected chi connectivity index (χ0v) is 14.1. The number of rotatable bonds is 5. The molecule has 1 aromatic carbocycles. The molecule has 0 aliphatic rings. The Morgan fingerprint density at radius 2 is 1.81 bits per heavy atom. The highest BCUT2D eigenvalue weighted by Crippen LogP contribution is 2.29. The van der Waals surface area contributed by atoms with Gasteiger partial charge in [-0.15, -0.1) is 0 Å². The smallest absolute Gasteiger partial charge is 0.242 e. The molecule has 0 spiro atoms. The topological polar surface area (TPSA) is 34.5 Å². The van der Waals surface area contributed by atoms with Crippen LogP contribution in [0.1, 0.15) is 24.2 Å². The summed E-state index contributed by atoms with van der Waals surface area (Å²) < 4.78 is 6.16. The van der Waals surface area contributed by atoms with E-state index in [1.165, 1.54) is 0 Å². The Morgan fingerprint density at radius 3 is 2.48 bits per heavy atom. The minimum atomic E-state index is -1.63. The van der Waals surface area contributed by atoms with Crippen LogP contribution < -0.4 is 4.43 Å². The summed E-state index contributed by atoms with van der Waals surface area (Å²) in [5, 5.41) is 0. The van der Waals surface area contributed by atoms with Crippen LogP contribution in [0.5, 0.6) is 5.75 Å². The molecular weight excluding hydrogens is 276 g/mol. The third-order valence-electron chi connectivity index (χ3n) is 2.90. The Labute approximate surface area is 127 Å². The highest BCUT2D eigenvalue weighted by atomic mass is 28.4. The molecule has 4 heteroatoms. The standard InChI is InChI=1S/C17H22N2OSi/c1-14(19-13-15-9-7-8-12-18-15)16-10-5-6-11-17(16)20-21(2,3)4/h5-14H,1-4H3/b19-13+. The first-order valence-corrected chi connectivity index (χ1v) is 10.6. The van der Waals surface area contributed by atoms with E-state index in [1.54, 1.807) is 6.20 Å². The van der Waals surface area contributed by atoms with Crippen LogP contribution in [0.3, 0.4) is 0 Å². The zero-order valence-electron chi connectivity index (χ0n) is 13.1. The minimum absolute atomic E-state index is 0.0413. The van der Waals surface area contributed by atoms with E-state index in [2.05, 4.69) is 42.6 Å². The molecule has 3 nitrogen and oxygen atoms in total. The minimum Gasteiger partial charge on any atom is -0.544 e. The SMILES string of the molecule is CC(/N=C/c1ccccn1)c1ccccc1O[Si](C)(C)C. The lowest BCUT2D eigenvalue weighted by molar-refractivity contribution is 0.543. The van der Waals surface area contributed by atoms with Crippen molar-refractivity contribution in [3.05, 3.63) is 59.9 Å². The van der Waals surface area contributed by atoms with Gasteiger partial charge in [0.2, 0.25) is 8.32 Å². The summed E-state index contributed by atoms with van der Waals surface area (Å²) in [6, 6.07) is 14.0. The van der Waals surface area contributed by atoms with Crippen molar-refractivity contribution in [2.75, 3.05) is 0 Å². The molecule has 0 saturated heterocycles. The molecule has 0 N–H and O–H groups in total. The molecule has 1 heterocycles. The summed E-state index contributed by atoms with van der Waals surface area (Å²) in [6.07, 6.45) is 3.59. The first-order chi connectivity index (χ1) is 9.96. The summed E-state index contributed by atoms with van der Waals surface area (Å²) in [6.45, 7) is 8.63. The van der Waals surface area contributed by atoms with E-state index in [1.807, 2.05) is 42.6 Å². The molecule has 0 radical (unpaired) electrons. The Bertz CT molecular complexity index is 606. The largest absolute Gasteiger partial charge is 0.544 e. The lowest BCUT2D eigenvalue weighted by atomic mass is 10.1. The molecule has 0 fully saturated rings. The zero-order chi connectivity index (χ0) is 15.3. The van der Waals surface area contributed by atoms with Crippen LogP contribution in [0.4, 0.5) is 0 Å². The van der Waals surface area contributed by atoms with Gasteiger partial charge in [0.05, 0.1) is 11.7 Å². The van der Waals surface area contributed by atoms with Crippen molar-refractivity contribution in [3.8, 4) is 5.75 Å². The van der Waals surface area contributed by atoms with Crippen LogP contribution >= 0.6 is 0 Å². The monoisotopic (exact) mass is 298 g/mol. The predicted molar refractivity (Wildman–Crippen MR) is 90.7 cm³/mol. The molecule has 0 saturated carbocycles. The number of aliphatic imine (C=N–C) groups is 1. The summed E-state index contributed by atoms with van der Waals surface area (Å²) in [4.78, 5) is 8.86. The van der Waals surface area contributed by atoms with E-state index in [-0.39, 0.29) is 6.04 Å². The van der Waals surface area contributed by atoms with Crippen molar-refractivity contribution in [1.29, 1.82) is 0 Å². The molecule has 0 bridgehead atoms. The molecule has 2 rings (SSSR count). The number of hydrogen-bond acceptors (Lipinski definition) is 3. The lowest BCUT2D eigenvalue weighted by Gasteiger charge is -2.22. The molecule has 110 valence electrons. The molecule has 1 unspecified atom stereocenters. The fourth-order valence-electron chi connectivity index (χ4n) is 1.97. The quantitative estimate of drug-likeness (QED) is 0.602. The third kappa shape index (κ3) is 4.83. The molecule has 0 aliphatic heterocycles. The maximum atomic E-state index is 6.16. The van der Waals surface area contributed by atoms with Crippen LogP contribution in [0.15, 0.2) is 53.7 Å². The van der Waals surface area contributed by atoms with E-state index in [4.69, 9.17) is 4.43 Å². The number of nitrogens with zero attached hydrogens (tertiary/aromatic N) is 2. The van der Waals surface area contributed by atoms with E-state index in [0.717, 1.165) is 17.0 Å². The number of aromatic nitrogens is 1. The summed E-state index contributed by atoms with van der Waals surface area (Å²) >= 11 is 0. The Hall–Kier alpha value is -1.94. The average Bonchev–Trinajstić information content (AvgIpc) is 2.45. The van der Waals surface area contributed by atoms with Gasteiger partial charge in [-0.3, -0.25) is 9.98 Å². The highest BCUT2D eigenvalue weighted by Gasteiger charge is 2.19. The predicted octanol–water partition coefficient (Wildman–Crippen LogP) is 4.48. The Balaban J connectivity index is 2.19. The second-order valence-electron chi connectivity index (χ2n) is 5.96. The molecular formula is C17H22N2OSi. The van der Waals surface area contributed by atoms with Crippen molar-refractivity contribution < 1.29 is 4.43 Å². The normalized spacial score (nSPS) is 13.3. The van der Waals surface area contributed by atoms with Gasteiger partial charge in [-0.1, -0.05) is 24.3 Å². The van der Waals surface area contributed by atoms with Crippen molar-refractivity contribution in [2.24, 2.45) is 4.99 Å². The third-order valence-corrected chi connectivity index (χ3v) is 3.74. The summed E-state index contributed by atoms with van der Waals surface area (Å²) in [7, 11) is -1.63. The molecule has 0 amide bonds. The van der Waals surface area contributed by atoms with E-state index >= 15 is 0 Å². The molecule has 2 aromatic rings. The number of para-hydroxylation sites is 1. The average molecular weight is 298 g/mol. The maximum absolute atomic E-state index is 6.16.